The summed E-state index contributed by atoms with van der Waals surface area (Å²) in [6.07, 6.45) is 1.01. The molecule has 0 aromatic heterocycles. The Hall–Kier alpha value is -1.62. The Labute approximate surface area is 108 Å². The van der Waals surface area contributed by atoms with Crippen LogP contribution in [-0.2, 0) is 4.79 Å². The van der Waals surface area contributed by atoms with Crippen molar-refractivity contribution in [1.29, 1.82) is 0 Å². The van der Waals surface area contributed by atoms with Gasteiger partial charge in [0.2, 0.25) is 0 Å². The number of amides is 1. The van der Waals surface area contributed by atoms with Crippen LogP contribution in [0.1, 0.15) is 23.2 Å². The molecule has 0 spiro atoms. The van der Waals surface area contributed by atoms with E-state index in [0.717, 1.165) is 6.07 Å². The van der Waals surface area contributed by atoms with Gasteiger partial charge < -0.3 is 10.0 Å². The highest BCUT2D eigenvalue weighted by atomic mass is 35.5. The molecule has 0 unspecified atom stereocenters. The van der Waals surface area contributed by atoms with Crippen molar-refractivity contribution in [2.45, 2.75) is 18.9 Å². The number of halogens is 2. The van der Waals surface area contributed by atoms with Crippen LogP contribution >= 0.6 is 11.6 Å². The van der Waals surface area contributed by atoms with Crippen LogP contribution in [0.2, 0.25) is 5.02 Å². The first-order valence-corrected chi connectivity index (χ1v) is 5.87. The molecular formula is C12H11ClFNO3. The molecule has 96 valence electrons. The highest BCUT2D eigenvalue weighted by molar-refractivity contribution is 6.30. The van der Waals surface area contributed by atoms with Crippen molar-refractivity contribution in [3.05, 3.63) is 34.6 Å². The van der Waals surface area contributed by atoms with Crippen LogP contribution in [0, 0.1) is 5.82 Å². The molecule has 1 aromatic rings. The number of rotatable bonds is 2. The summed E-state index contributed by atoms with van der Waals surface area (Å²) in [6, 6.07) is 2.86. The number of carboxylic acid groups (broad SMARTS) is 1. The molecule has 1 saturated heterocycles. The van der Waals surface area contributed by atoms with Gasteiger partial charge in [0.15, 0.2) is 0 Å². The smallest absolute Gasteiger partial charge is 0.326 e. The molecule has 0 radical (unpaired) electrons. The number of carbonyl (C=O) groups excluding carboxylic acids is 1. The SMILES string of the molecule is O=C(O)[C@@H]1CCCN1C(=O)c1ccc(Cl)cc1F. The van der Waals surface area contributed by atoms with Crippen molar-refractivity contribution >= 4 is 23.5 Å². The molecule has 18 heavy (non-hydrogen) atoms. The Kier molecular flexibility index (Phi) is 3.52. The first kappa shape index (κ1) is 12.8. The van der Waals surface area contributed by atoms with Gasteiger partial charge in [-0.25, -0.2) is 9.18 Å². The highest BCUT2D eigenvalue weighted by Crippen LogP contribution is 2.22. The number of benzene rings is 1. The molecule has 0 saturated carbocycles. The normalized spacial score (nSPS) is 19.0. The van der Waals surface area contributed by atoms with E-state index in [1.807, 2.05) is 0 Å². The van der Waals surface area contributed by atoms with Gasteiger partial charge in [-0.05, 0) is 31.0 Å². The van der Waals surface area contributed by atoms with E-state index in [4.69, 9.17) is 16.7 Å². The fourth-order valence-electron chi connectivity index (χ4n) is 2.08. The van der Waals surface area contributed by atoms with E-state index in [-0.39, 0.29) is 10.6 Å². The third-order valence-corrected chi connectivity index (χ3v) is 3.20. The average molecular weight is 272 g/mol. The quantitative estimate of drug-likeness (QED) is 0.897. The van der Waals surface area contributed by atoms with Gasteiger partial charge in [-0.3, -0.25) is 4.79 Å². The molecule has 1 atom stereocenters. The van der Waals surface area contributed by atoms with Crippen LogP contribution in [0.25, 0.3) is 0 Å². The molecule has 1 aromatic carbocycles. The van der Waals surface area contributed by atoms with Gasteiger partial charge >= 0.3 is 5.97 Å². The monoisotopic (exact) mass is 271 g/mol. The average Bonchev–Trinajstić information content (AvgIpc) is 2.77. The molecule has 0 aliphatic carbocycles. The van der Waals surface area contributed by atoms with Gasteiger partial charge in [0.05, 0.1) is 5.56 Å². The zero-order valence-corrected chi connectivity index (χ0v) is 10.2. The maximum atomic E-state index is 13.6. The summed E-state index contributed by atoms with van der Waals surface area (Å²) < 4.78 is 13.6. The van der Waals surface area contributed by atoms with Crippen LogP contribution in [0.15, 0.2) is 18.2 Å². The molecule has 0 bridgehead atoms. The number of nitrogens with zero attached hydrogens (tertiary/aromatic N) is 1. The van der Waals surface area contributed by atoms with Gasteiger partial charge in [0.25, 0.3) is 5.91 Å². The van der Waals surface area contributed by atoms with Crippen LogP contribution < -0.4 is 0 Å². The molecule has 1 heterocycles. The third kappa shape index (κ3) is 2.31. The molecule has 1 amide bonds. The third-order valence-electron chi connectivity index (χ3n) is 2.96. The van der Waals surface area contributed by atoms with Crippen LogP contribution in [0.3, 0.4) is 0 Å². The minimum absolute atomic E-state index is 0.146. The first-order chi connectivity index (χ1) is 8.50. The lowest BCUT2D eigenvalue weighted by Crippen LogP contribution is -2.40. The molecule has 6 heteroatoms. The summed E-state index contributed by atoms with van der Waals surface area (Å²) >= 11 is 5.60. The summed E-state index contributed by atoms with van der Waals surface area (Å²) in [5.74, 6) is -2.40. The Morgan fingerprint density at radius 1 is 1.44 bits per heavy atom. The minimum Gasteiger partial charge on any atom is -0.480 e. The second-order valence-electron chi connectivity index (χ2n) is 4.12. The first-order valence-electron chi connectivity index (χ1n) is 5.49. The lowest BCUT2D eigenvalue weighted by Gasteiger charge is -2.21. The summed E-state index contributed by atoms with van der Waals surface area (Å²) in [4.78, 5) is 24.2. The lowest BCUT2D eigenvalue weighted by molar-refractivity contribution is -0.141. The van der Waals surface area contributed by atoms with Crippen molar-refractivity contribution < 1.29 is 19.1 Å². The fraction of sp³-hybridized carbons (Fsp3) is 0.333. The zero-order valence-electron chi connectivity index (χ0n) is 9.40. The van der Waals surface area contributed by atoms with Crippen molar-refractivity contribution in [3.8, 4) is 0 Å². The Morgan fingerprint density at radius 3 is 2.78 bits per heavy atom. The van der Waals surface area contributed by atoms with E-state index < -0.39 is 23.7 Å². The molecule has 1 N–H and O–H groups in total. The van der Waals surface area contributed by atoms with Crippen molar-refractivity contribution in [2.75, 3.05) is 6.54 Å². The van der Waals surface area contributed by atoms with Gasteiger partial charge in [0, 0.05) is 11.6 Å². The van der Waals surface area contributed by atoms with Gasteiger partial charge in [-0.2, -0.15) is 0 Å². The number of aliphatic carboxylic acids is 1. The molecule has 4 nitrogen and oxygen atoms in total. The van der Waals surface area contributed by atoms with Crippen LogP contribution in [-0.4, -0.2) is 34.5 Å². The Bertz CT molecular complexity index is 506. The second-order valence-corrected chi connectivity index (χ2v) is 4.56. The van der Waals surface area contributed by atoms with E-state index in [1.165, 1.54) is 17.0 Å². The maximum Gasteiger partial charge on any atom is 0.326 e. The van der Waals surface area contributed by atoms with Crippen LogP contribution in [0.4, 0.5) is 4.39 Å². The minimum atomic E-state index is -1.06. The summed E-state index contributed by atoms with van der Waals surface area (Å²) in [5.41, 5.74) is -0.146. The number of likely N-dealkylation sites (tertiary alicyclic amines) is 1. The van der Waals surface area contributed by atoms with Gasteiger partial charge in [-0.15, -0.1) is 0 Å². The van der Waals surface area contributed by atoms with E-state index >= 15 is 0 Å². The lowest BCUT2D eigenvalue weighted by atomic mass is 10.1. The molecular weight excluding hydrogens is 261 g/mol. The predicted octanol–water partition coefficient (Wildman–Crippen LogP) is 2.17. The summed E-state index contributed by atoms with van der Waals surface area (Å²) in [7, 11) is 0. The second kappa shape index (κ2) is 4.94. The molecule has 2 rings (SSSR count). The predicted molar refractivity (Wildman–Crippen MR) is 63.1 cm³/mol. The highest BCUT2D eigenvalue weighted by Gasteiger charge is 2.35. The van der Waals surface area contributed by atoms with E-state index in [2.05, 4.69) is 0 Å². The van der Waals surface area contributed by atoms with E-state index in [9.17, 15) is 14.0 Å². The van der Waals surface area contributed by atoms with Crippen molar-refractivity contribution in [3.63, 3.8) is 0 Å². The summed E-state index contributed by atoms with van der Waals surface area (Å²) in [5, 5.41) is 9.18. The maximum absolute atomic E-state index is 13.6. The topological polar surface area (TPSA) is 57.6 Å². The van der Waals surface area contributed by atoms with E-state index in [0.29, 0.717) is 19.4 Å². The molecule has 1 aliphatic heterocycles. The standard InChI is InChI=1S/C12H11ClFNO3/c13-7-3-4-8(9(14)6-7)11(16)15-5-1-2-10(15)12(17)18/h3-4,6,10H,1-2,5H2,(H,17,18)/t10-/m0/s1. The van der Waals surface area contributed by atoms with Crippen molar-refractivity contribution in [1.82, 2.24) is 4.90 Å². The zero-order chi connectivity index (χ0) is 13.3. The van der Waals surface area contributed by atoms with Crippen LogP contribution in [0.5, 0.6) is 0 Å². The fourth-order valence-corrected chi connectivity index (χ4v) is 2.24. The Balaban J connectivity index is 2.28. The number of carbonyl (C=O) groups is 2. The molecule has 1 aliphatic rings. The van der Waals surface area contributed by atoms with Gasteiger partial charge in [-0.1, -0.05) is 11.6 Å². The number of hydrogen-bond acceptors (Lipinski definition) is 2. The largest absolute Gasteiger partial charge is 0.480 e. The number of carboxylic acids is 1. The molecule has 1 fully saturated rings. The number of hydrogen-bond donors (Lipinski definition) is 1. The van der Waals surface area contributed by atoms with Gasteiger partial charge in [0.1, 0.15) is 11.9 Å². The Morgan fingerprint density at radius 2 is 2.17 bits per heavy atom. The van der Waals surface area contributed by atoms with Crippen molar-refractivity contribution in [2.24, 2.45) is 0 Å². The summed E-state index contributed by atoms with van der Waals surface area (Å²) in [6.45, 7) is 0.331. The van der Waals surface area contributed by atoms with E-state index in [1.54, 1.807) is 0 Å².